The lowest BCUT2D eigenvalue weighted by atomic mass is 10.1. The van der Waals surface area contributed by atoms with Crippen LogP contribution in [0.5, 0.6) is 0 Å². The van der Waals surface area contributed by atoms with E-state index in [1.54, 1.807) is 0 Å². The lowest BCUT2D eigenvalue weighted by Gasteiger charge is -2.22. The van der Waals surface area contributed by atoms with E-state index >= 15 is 0 Å². The fraction of sp³-hybridized carbons (Fsp3) is 0.615. The predicted octanol–water partition coefficient (Wildman–Crippen LogP) is -1.22. The fourth-order valence-electron chi connectivity index (χ4n) is 2.96. The summed E-state index contributed by atoms with van der Waals surface area (Å²) in [6.45, 7) is -0.467. The third-order valence-electron chi connectivity index (χ3n) is 4.32. The SMILES string of the molecule is C[C@H](O)COP(=O)(O)OP(=O)(O)OC[C@H]1O[C@@H](n2cnc3c(N)ncnc32)[C@H](OP(=O)(O)O)[C@@H]1O. The van der Waals surface area contributed by atoms with Crippen LogP contribution in [0.15, 0.2) is 12.7 Å². The van der Waals surface area contributed by atoms with Gasteiger partial charge in [-0.3, -0.25) is 18.1 Å². The summed E-state index contributed by atoms with van der Waals surface area (Å²) >= 11 is 0. The molecule has 3 rings (SSSR count). The van der Waals surface area contributed by atoms with Crippen molar-refractivity contribution in [3.63, 3.8) is 0 Å². The largest absolute Gasteiger partial charge is 0.481 e. The highest BCUT2D eigenvalue weighted by Gasteiger charge is 2.50. The molecule has 198 valence electrons. The minimum Gasteiger partial charge on any atom is -0.391 e. The highest BCUT2D eigenvalue weighted by Crippen LogP contribution is 2.60. The van der Waals surface area contributed by atoms with Gasteiger partial charge >= 0.3 is 23.5 Å². The van der Waals surface area contributed by atoms with E-state index in [-0.39, 0.29) is 17.0 Å². The van der Waals surface area contributed by atoms with Crippen molar-refractivity contribution in [1.82, 2.24) is 19.5 Å². The van der Waals surface area contributed by atoms with Gasteiger partial charge in [-0.2, -0.15) is 4.31 Å². The molecule has 3 heterocycles. The predicted molar refractivity (Wildman–Crippen MR) is 111 cm³/mol. The fourth-order valence-corrected chi connectivity index (χ4v) is 5.66. The number of ether oxygens (including phenoxy) is 1. The van der Waals surface area contributed by atoms with E-state index in [0.29, 0.717) is 0 Å². The van der Waals surface area contributed by atoms with E-state index in [1.807, 2.05) is 0 Å². The number of imidazole rings is 1. The van der Waals surface area contributed by atoms with Crippen LogP contribution >= 0.6 is 23.5 Å². The third kappa shape index (κ3) is 7.31. The minimum absolute atomic E-state index is 0.0238. The number of anilines is 1. The van der Waals surface area contributed by atoms with Gasteiger partial charge in [0, 0.05) is 0 Å². The number of fused-ring (bicyclic) bond motifs is 1. The Balaban J connectivity index is 1.78. The van der Waals surface area contributed by atoms with Gasteiger partial charge in [0.15, 0.2) is 17.7 Å². The smallest absolute Gasteiger partial charge is 0.391 e. The van der Waals surface area contributed by atoms with Gasteiger partial charge in [-0.15, -0.1) is 0 Å². The van der Waals surface area contributed by atoms with E-state index in [0.717, 1.165) is 17.2 Å². The van der Waals surface area contributed by atoms with Gasteiger partial charge in [0.2, 0.25) is 0 Å². The van der Waals surface area contributed by atoms with Gasteiger partial charge in [0.25, 0.3) is 0 Å². The maximum absolute atomic E-state index is 12.1. The van der Waals surface area contributed by atoms with Gasteiger partial charge in [-0.05, 0) is 6.92 Å². The monoisotopic (exact) mass is 565 g/mol. The Labute approximate surface area is 195 Å². The minimum atomic E-state index is -5.30. The molecule has 2 aromatic heterocycles. The first-order valence-electron chi connectivity index (χ1n) is 9.43. The van der Waals surface area contributed by atoms with Crippen LogP contribution in [-0.4, -0.2) is 86.9 Å². The van der Waals surface area contributed by atoms with Gasteiger partial charge in [0.05, 0.1) is 25.6 Å². The standard InChI is InChI=1S/C13H22N5O14P3/c1-6(19)2-28-34(24,25)32-35(26,27)29-3-7-9(20)10(31-33(21,22)23)13(30-7)18-5-17-8-11(14)15-4-16-12(8)18/h4-7,9-10,13,19-20H,2-3H2,1H3,(H,24,25)(H,26,27)(H2,14,15,16)(H2,21,22,23)/t6-,7+,9+,10+,13+/m0/s1. The van der Waals surface area contributed by atoms with E-state index < -0.39 is 67.3 Å². The van der Waals surface area contributed by atoms with Crippen LogP contribution in [-0.2, 0) is 36.3 Å². The van der Waals surface area contributed by atoms with E-state index in [4.69, 9.17) is 15.6 Å². The van der Waals surface area contributed by atoms with E-state index in [9.17, 15) is 38.4 Å². The van der Waals surface area contributed by atoms with E-state index in [1.165, 1.54) is 6.92 Å². The van der Waals surface area contributed by atoms with Crippen molar-refractivity contribution < 1.29 is 66.1 Å². The molecule has 8 N–H and O–H groups in total. The Bertz CT molecular complexity index is 1190. The van der Waals surface area contributed by atoms with Gasteiger partial charge in [-0.25, -0.2) is 28.6 Å². The Morgan fingerprint density at radius 1 is 1.14 bits per heavy atom. The summed E-state index contributed by atoms with van der Waals surface area (Å²) in [6, 6.07) is 0. The molecule has 19 nitrogen and oxygen atoms in total. The number of aliphatic hydroxyl groups is 2. The molecule has 1 aliphatic rings. The molecule has 22 heteroatoms. The normalized spacial score (nSPS) is 27.5. The zero-order chi connectivity index (χ0) is 26.2. The Hall–Kier alpha value is -1.40. The number of aromatic nitrogens is 4. The number of nitrogens with zero attached hydrogens (tertiary/aromatic N) is 4. The number of nitrogen functional groups attached to an aromatic ring is 1. The van der Waals surface area contributed by atoms with Crippen molar-refractivity contribution in [2.45, 2.75) is 37.6 Å². The lowest BCUT2D eigenvalue weighted by molar-refractivity contribution is -0.0499. The van der Waals surface area contributed by atoms with Crippen molar-refractivity contribution in [2.75, 3.05) is 18.9 Å². The number of hydrogen-bond donors (Lipinski definition) is 7. The first-order chi connectivity index (χ1) is 16.1. The summed E-state index contributed by atoms with van der Waals surface area (Å²) < 4.78 is 59.5. The summed E-state index contributed by atoms with van der Waals surface area (Å²) in [6.07, 6.45) is -5.70. The maximum atomic E-state index is 12.1. The zero-order valence-electron chi connectivity index (χ0n) is 17.6. The highest BCUT2D eigenvalue weighted by atomic mass is 31.3. The summed E-state index contributed by atoms with van der Waals surface area (Å²) in [5.74, 6) is -0.0238. The van der Waals surface area contributed by atoms with Crippen molar-refractivity contribution >= 4 is 40.4 Å². The molecular weight excluding hydrogens is 543 g/mol. The number of phosphoric ester groups is 3. The van der Waals surface area contributed by atoms with Crippen LogP contribution in [0.25, 0.3) is 11.2 Å². The molecule has 0 radical (unpaired) electrons. The molecule has 0 aromatic carbocycles. The van der Waals surface area contributed by atoms with Gasteiger partial charge < -0.3 is 40.3 Å². The molecule has 2 unspecified atom stereocenters. The van der Waals surface area contributed by atoms with Gasteiger partial charge in [0.1, 0.15) is 30.2 Å². The Kier molecular flexibility index (Phi) is 8.48. The number of phosphoric acid groups is 3. The van der Waals surface area contributed by atoms with Crippen molar-refractivity contribution in [1.29, 1.82) is 0 Å². The van der Waals surface area contributed by atoms with Crippen molar-refractivity contribution in [3.8, 4) is 0 Å². The highest BCUT2D eigenvalue weighted by molar-refractivity contribution is 7.61. The molecule has 1 fully saturated rings. The summed E-state index contributed by atoms with van der Waals surface area (Å²) in [5.41, 5.74) is 5.86. The van der Waals surface area contributed by atoms with E-state index in [2.05, 4.69) is 32.8 Å². The molecule has 0 bridgehead atoms. The maximum Gasteiger partial charge on any atom is 0.481 e. The summed E-state index contributed by atoms with van der Waals surface area (Å²) in [4.78, 5) is 49.4. The molecule has 0 spiro atoms. The number of aliphatic hydroxyl groups excluding tert-OH is 2. The molecular formula is C13H22N5O14P3. The molecule has 2 aromatic rings. The second-order valence-electron chi connectivity index (χ2n) is 7.16. The van der Waals surface area contributed by atoms with Crippen molar-refractivity contribution in [2.24, 2.45) is 0 Å². The van der Waals surface area contributed by atoms with Crippen LogP contribution in [0.4, 0.5) is 5.82 Å². The number of nitrogens with two attached hydrogens (primary N) is 1. The first kappa shape index (κ1) is 28.2. The Morgan fingerprint density at radius 2 is 1.80 bits per heavy atom. The van der Waals surface area contributed by atoms with Crippen LogP contribution in [0, 0.1) is 0 Å². The molecule has 7 atom stereocenters. The van der Waals surface area contributed by atoms with Crippen LogP contribution in [0.3, 0.4) is 0 Å². The van der Waals surface area contributed by atoms with Crippen LogP contribution < -0.4 is 5.73 Å². The molecule has 0 aliphatic carbocycles. The third-order valence-corrected chi connectivity index (χ3v) is 7.44. The molecule has 1 saturated heterocycles. The molecule has 0 saturated carbocycles. The lowest BCUT2D eigenvalue weighted by Crippen LogP contribution is -2.35. The average molecular weight is 565 g/mol. The number of rotatable bonds is 11. The average Bonchev–Trinajstić information content (AvgIpc) is 3.26. The summed E-state index contributed by atoms with van der Waals surface area (Å²) in [7, 11) is -15.6. The quantitative estimate of drug-likeness (QED) is 0.157. The second kappa shape index (κ2) is 10.5. The van der Waals surface area contributed by atoms with Gasteiger partial charge in [-0.1, -0.05) is 0 Å². The Morgan fingerprint density at radius 3 is 2.43 bits per heavy atom. The molecule has 0 amide bonds. The first-order valence-corrected chi connectivity index (χ1v) is 14.0. The zero-order valence-corrected chi connectivity index (χ0v) is 20.3. The topological polar surface area (TPSA) is 288 Å². The van der Waals surface area contributed by atoms with Crippen LogP contribution in [0.1, 0.15) is 13.2 Å². The molecule has 35 heavy (non-hydrogen) atoms. The van der Waals surface area contributed by atoms with Crippen LogP contribution in [0.2, 0.25) is 0 Å². The summed E-state index contributed by atoms with van der Waals surface area (Å²) in [5, 5.41) is 19.6. The van der Waals surface area contributed by atoms with Crippen molar-refractivity contribution in [3.05, 3.63) is 12.7 Å². The second-order valence-corrected chi connectivity index (χ2v) is 11.4. The molecule has 1 aliphatic heterocycles. The number of hydrogen-bond acceptors (Lipinski definition) is 14.